The summed E-state index contributed by atoms with van der Waals surface area (Å²) >= 11 is 14.2. The molecule has 3 aromatic rings. The van der Waals surface area contributed by atoms with E-state index < -0.39 is 17.6 Å². The van der Waals surface area contributed by atoms with Gasteiger partial charge >= 0.3 is 5.97 Å². The van der Waals surface area contributed by atoms with Gasteiger partial charge in [-0.05, 0) is 105 Å². The lowest BCUT2D eigenvalue weighted by molar-refractivity contribution is -0.141. The van der Waals surface area contributed by atoms with Crippen LogP contribution in [-0.4, -0.2) is 53.5 Å². The molecule has 0 spiro atoms. The van der Waals surface area contributed by atoms with E-state index in [1.54, 1.807) is 25.3 Å². The Hall–Kier alpha value is -2.06. The van der Waals surface area contributed by atoms with Crippen LogP contribution in [-0.2, 0) is 4.79 Å². The van der Waals surface area contributed by atoms with Gasteiger partial charge in [0.15, 0.2) is 0 Å². The Kier molecular flexibility index (Phi) is 10.2. The van der Waals surface area contributed by atoms with Gasteiger partial charge in [-0.2, -0.15) is 0 Å². The Labute approximate surface area is 237 Å². The Morgan fingerprint density at radius 3 is 2.63 bits per heavy atom. The van der Waals surface area contributed by atoms with E-state index in [0.717, 1.165) is 49.7 Å². The van der Waals surface area contributed by atoms with E-state index >= 15 is 4.39 Å². The third kappa shape index (κ3) is 7.53. The summed E-state index contributed by atoms with van der Waals surface area (Å²) < 4.78 is 21.1. The average Bonchev–Trinajstić information content (AvgIpc) is 2.91. The SMILES string of the molecule is COc1ccc2ncc(Cl)c(C(F)CCC3(CC(=O)O)CCN(CCCSc4ccc(Cl)cc4)CC3)c2c1. The molecule has 1 aliphatic rings. The molecule has 2 heterocycles. The lowest BCUT2D eigenvalue weighted by Crippen LogP contribution is -2.41. The number of aromatic nitrogens is 1. The number of methoxy groups -OCH3 is 1. The van der Waals surface area contributed by atoms with Gasteiger partial charge in [0.05, 0.1) is 24.1 Å². The molecule has 2 aromatic carbocycles. The summed E-state index contributed by atoms with van der Waals surface area (Å²) in [5.41, 5.74) is 0.630. The maximum atomic E-state index is 15.7. The number of likely N-dealkylation sites (tertiary alicyclic amines) is 1. The number of nitrogens with zero attached hydrogens (tertiary/aromatic N) is 2. The molecule has 0 saturated carbocycles. The second-order valence-electron chi connectivity index (χ2n) is 9.98. The number of halogens is 3. The predicted molar refractivity (Wildman–Crippen MR) is 154 cm³/mol. The number of carboxylic acid groups (broad SMARTS) is 1. The van der Waals surface area contributed by atoms with Crippen molar-refractivity contribution in [2.24, 2.45) is 5.41 Å². The molecule has 0 aliphatic carbocycles. The Morgan fingerprint density at radius 2 is 1.95 bits per heavy atom. The number of carboxylic acids is 1. The molecule has 1 N–H and O–H groups in total. The number of benzene rings is 2. The van der Waals surface area contributed by atoms with Crippen LogP contribution >= 0.6 is 35.0 Å². The minimum absolute atomic E-state index is 0.0542. The predicted octanol–water partition coefficient (Wildman–Crippen LogP) is 8.08. The van der Waals surface area contributed by atoms with Crippen molar-refractivity contribution in [3.05, 3.63) is 64.3 Å². The number of hydrogen-bond acceptors (Lipinski definition) is 5. The molecule has 204 valence electrons. The first-order chi connectivity index (χ1) is 18.3. The van der Waals surface area contributed by atoms with Crippen LogP contribution in [0.2, 0.25) is 10.0 Å². The number of aliphatic carboxylic acids is 1. The Balaban J connectivity index is 1.34. The fourth-order valence-corrected chi connectivity index (χ4v) is 6.52. The highest BCUT2D eigenvalue weighted by atomic mass is 35.5. The maximum absolute atomic E-state index is 15.7. The molecule has 1 unspecified atom stereocenters. The van der Waals surface area contributed by atoms with E-state index in [9.17, 15) is 9.90 Å². The van der Waals surface area contributed by atoms with Crippen LogP contribution < -0.4 is 4.74 Å². The highest BCUT2D eigenvalue weighted by Gasteiger charge is 2.37. The fourth-order valence-electron chi connectivity index (χ4n) is 5.29. The van der Waals surface area contributed by atoms with Gasteiger partial charge in [0.2, 0.25) is 0 Å². The molecule has 0 bridgehead atoms. The molecular weight excluding hydrogens is 546 g/mol. The lowest BCUT2D eigenvalue weighted by atomic mass is 9.71. The lowest BCUT2D eigenvalue weighted by Gasteiger charge is -2.41. The van der Waals surface area contributed by atoms with Gasteiger partial charge in [0.1, 0.15) is 11.9 Å². The van der Waals surface area contributed by atoms with Gasteiger partial charge in [-0.25, -0.2) is 4.39 Å². The molecular formula is C29H33Cl2FN2O3S. The minimum Gasteiger partial charge on any atom is -0.497 e. The summed E-state index contributed by atoms with van der Waals surface area (Å²) in [4.78, 5) is 19.7. The molecule has 5 nitrogen and oxygen atoms in total. The van der Waals surface area contributed by atoms with Gasteiger partial charge in [-0.15, -0.1) is 11.8 Å². The molecule has 4 rings (SSSR count). The van der Waals surface area contributed by atoms with Crippen LogP contribution in [0.3, 0.4) is 0 Å². The average molecular weight is 580 g/mol. The highest BCUT2D eigenvalue weighted by molar-refractivity contribution is 7.99. The van der Waals surface area contributed by atoms with Crippen molar-refractivity contribution in [2.45, 2.75) is 49.6 Å². The molecule has 1 saturated heterocycles. The van der Waals surface area contributed by atoms with Crippen LogP contribution in [0.1, 0.15) is 50.3 Å². The number of hydrogen-bond donors (Lipinski definition) is 1. The summed E-state index contributed by atoms with van der Waals surface area (Å²) in [6.45, 7) is 2.62. The summed E-state index contributed by atoms with van der Waals surface area (Å²) in [6, 6.07) is 13.2. The van der Waals surface area contributed by atoms with E-state index in [0.29, 0.717) is 28.6 Å². The minimum atomic E-state index is -1.33. The van der Waals surface area contributed by atoms with Crippen molar-refractivity contribution in [3.63, 3.8) is 0 Å². The van der Waals surface area contributed by atoms with Gasteiger partial charge in [-0.3, -0.25) is 9.78 Å². The zero-order valence-corrected chi connectivity index (χ0v) is 23.8. The maximum Gasteiger partial charge on any atom is 0.303 e. The summed E-state index contributed by atoms with van der Waals surface area (Å²) in [7, 11) is 1.56. The topological polar surface area (TPSA) is 62.7 Å². The first-order valence-electron chi connectivity index (χ1n) is 12.9. The number of thioether (sulfide) groups is 1. The molecule has 0 amide bonds. The van der Waals surface area contributed by atoms with Crippen LogP contribution in [0.15, 0.2) is 53.6 Å². The quantitative estimate of drug-likeness (QED) is 0.173. The summed E-state index contributed by atoms with van der Waals surface area (Å²) in [5, 5.41) is 11.3. The third-order valence-corrected chi connectivity index (χ3v) is 9.10. The van der Waals surface area contributed by atoms with Crippen molar-refractivity contribution in [3.8, 4) is 5.75 Å². The van der Waals surface area contributed by atoms with Crippen LogP contribution in [0, 0.1) is 5.41 Å². The summed E-state index contributed by atoms with van der Waals surface area (Å²) in [6.07, 6.45) is 3.44. The van der Waals surface area contributed by atoms with Gasteiger partial charge in [0, 0.05) is 27.1 Å². The first-order valence-corrected chi connectivity index (χ1v) is 14.6. The largest absolute Gasteiger partial charge is 0.497 e. The van der Waals surface area contributed by atoms with Crippen molar-refractivity contribution >= 4 is 51.8 Å². The van der Waals surface area contributed by atoms with Crippen LogP contribution in [0.4, 0.5) is 4.39 Å². The van der Waals surface area contributed by atoms with Gasteiger partial charge in [0.25, 0.3) is 0 Å². The van der Waals surface area contributed by atoms with E-state index in [2.05, 4.69) is 9.88 Å². The van der Waals surface area contributed by atoms with Crippen molar-refractivity contribution in [1.82, 2.24) is 9.88 Å². The van der Waals surface area contributed by atoms with Crippen LogP contribution in [0.25, 0.3) is 10.9 Å². The van der Waals surface area contributed by atoms with Crippen LogP contribution in [0.5, 0.6) is 5.75 Å². The standard InChI is InChI=1S/C29H33Cl2FN2O3S/c1-37-21-5-8-26-23(17-21)28(24(31)19-33-26)25(32)9-10-29(18-27(35)36)11-14-34(15-12-29)13-2-16-38-22-6-3-20(30)4-7-22/h3-8,17,19,25H,2,9-16,18H2,1H3,(H,35,36). The second kappa shape index (κ2) is 13.3. The number of fused-ring (bicyclic) bond motifs is 1. The van der Waals surface area contributed by atoms with Crippen molar-refractivity contribution in [1.29, 1.82) is 0 Å². The van der Waals surface area contributed by atoms with E-state index in [4.69, 9.17) is 27.9 Å². The smallest absolute Gasteiger partial charge is 0.303 e. The number of ether oxygens (including phenoxy) is 1. The van der Waals surface area contributed by atoms with Crippen molar-refractivity contribution < 1.29 is 19.0 Å². The fraction of sp³-hybridized carbons (Fsp3) is 0.448. The summed E-state index contributed by atoms with van der Waals surface area (Å²) in [5.74, 6) is 0.787. The Bertz CT molecular complexity index is 1240. The second-order valence-corrected chi connectivity index (χ2v) is 12.0. The van der Waals surface area contributed by atoms with E-state index in [1.165, 1.54) is 11.1 Å². The molecule has 1 aliphatic heterocycles. The number of carbonyl (C=O) groups is 1. The van der Waals surface area contributed by atoms with E-state index in [1.807, 2.05) is 36.0 Å². The third-order valence-electron chi connectivity index (χ3n) is 7.45. The number of alkyl halides is 1. The molecule has 9 heteroatoms. The molecule has 1 fully saturated rings. The number of pyridine rings is 1. The highest BCUT2D eigenvalue weighted by Crippen LogP contribution is 2.44. The normalized spacial score (nSPS) is 16.4. The molecule has 1 aromatic heterocycles. The monoisotopic (exact) mass is 578 g/mol. The molecule has 0 radical (unpaired) electrons. The first kappa shape index (κ1) is 28.9. The van der Waals surface area contributed by atoms with E-state index in [-0.39, 0.29) is 17.9 Å². The number of rotatable bonds is 12. The molecule has 1 atom stereocenters. The Morgan fingerprint density at radius 1 is 1.21 bits per heavy atom. The van der Waals surface area contributed by atoms with Gasteiger partial charge < -0.3 is 14.7 Å². The zero-order valence-electron chi connectivity index (χ0n) is 21.5. The zero-order chi connectivity index (χ0) is 27.1. The number of piperidine rings is 1. The molecule has 38 heavy (non-hydrogen) atoms. The van der Waals surface area contributed by atoms with Gasteiger partial charge in [-0.1, -0.05) is 23.2 Å². The van der Waals surface area contributed by atoms with Crippen molar-refractivity contribution in [2.75, 3.05) is 32.5 Å².